The van der Waals surface area contributed by atoms with Crippen LogP contribution in [0.25, 0.3) is 0 Å². The lowest BCUT2D eigenvalue weighted by Gasteiger charge is -2.29. The summed E-state index contributed by atoms with van der Waals surface area (Å²) in [6, 6.07) is 0. The summed E-state index contributed by atoms with van der Waals surface area (Å²) in [6.07, 6.45) is 6.00. The molecule has 0 aromatic rings. The lowest BCUT2D eigenvalue weighted by molar-refractivity contribution is 0.196. The van der Waals surface area contributed by atoms with E-state index in [4.69, 9.17) is 0 Å². The molecule has 0 amide bonds. The zero-order chi connectivity index (χ0) is 8.06. The van der Waals surface area contributed by atoms with Crippen LogP contribution < -0.4 is 0 Å². The third kappa shape index (κ3) is 1.21. The quantitative estimate of drug-likeness (QED) is 0.539. The second-order valence-corrected chi connectivity index (χ2v) is 5.37. The second-order valence-electron chi connectivity index (χ2n) is 5.37. The molecule has 0 heteroatoms. The van der Waals surface area contributed by atoms with Crippen LogP contribution in [0.4, 0.5) is 0 Å². The SMILES string of the molecule is CC1CCC(C)(C)C1C1CC1. The molecule has 0 spiro atoms. The number of hydrogen-bond donors (Lipinski definition) is 0. The molecule has 0 aromatic carbocycles. The Labute approximate surface area is 70.4 Å². The average molecular weight is 152 g/mol. The Hall–Kier alpha value is 0. The fourth-order valence-corrected chi connectivity index (χ4v) is 3.27. The molecular weight excluding hydrogens is 132 g/mol. The van der Waals surface area contributed by atoms with E-state index in [1.54, 1.807) is 0 Å². The zero-order valence-electron chi connectivity index (χ0n) is 8.06. The monoisotopic (exact) mass is 152 g/mol. The number of hydrogen-bond acceptors (Lipinski definition) is 0. The molecule has 0 bridgehead atoms. The predicted octanol–water partition coefficient (Wildman–Crippen LogP) is 3.47. The highest BCUT2D eigenvalue weighted by Crippen LogP contribution is 2.56. The zero-order valence-corrected chi connectivity index (χ0v) is 8.06. The highest BCUT2D eigenvalue weighted by molar-refractivity contribution is 4.97. The Morgan fingerprint density at radius 2 is 1.73 bits per heavy atom. The van der Waals surface area contributed by atoms with E-state index < -0.39 is 0 Å². The molecule has 0 nitrogen and oxygen atoms in total. The van der Waals surface area contributed by atoms with Crippen LogP contribution in [0, 0.1) is 23.2 Å². The van der Waals surface area contributed by atoms with Crippen LogP contribution in [0.15, 0.2) is 0 Å². The minimum absolute atomic E-state index is 0.667. The van der Waals surface area contributed by atoms with E-state index in [9.17, 15) is 0 Å². The van der Waals surface area contributed by atoms with E-state index in [-0.39, 0.29) is 0 Å². The van der Waals surface area contributed by atoms with Crippen molar-refractivity contribution in [2.45, 2.75) is 46.5 Å². The van der Waals surface area contributed by atoms with Crippen molar-refractivity contribution in [2.75, 3.05) is 0 Å². The smallest absolute Gasteiger partial charge is 0.0309 e. The molecule has 11 heavy (non-hydrogen) atoms. The van der Waals surface area contributed by atoms with Gasteiger partial charge in [0.1, 0.15) is 0 Å². The van der Waals surface area contributed by atoms with E-state index in [1.807, 2.05) is 0 Å². The lowest BCUT2D eigenvalue weighted by Crippen LogP contribution is -2.22. The molecule has 2 atom stereocenters. The Morgan fingerprint density at radius 3 is 2.09 bits per heavy atom. The van der Waals surface area contributed by atoms with Gasteiger partial charge in [-0.25, -0.2) is 0 Å². The first-order chi connectivity index (χ1) is 5.11. The Bertz CT molecular complexity index is 153. The van der Waals surface area contributed by atoms with Gasteiger partial charge in [-0.15, -0.1) is 0 Å². The summed E-state index contributed by atoms with van der Waals surface area (Å²) < 4.78 is 0. The van der Waals surface area contributed by atoms with Crippen molar-refractivity contribution in [3.63, 3.8) is 0 Å². The summed E-state index contributed by atoms with van der Waals surface area (Å²) in [4.78, 5) is 0. The summed E-state index contributed by atoms with van der Waals surface area (Å²) in [5.41, 5.74) is 0.667. The van der Waals surface area contributed by atoms with Crippen LogP contribution in [0.5, 0.6) is 0 Å². The molecule has 0 aromatic heterocycles. The second kappa shape index (κ2) is 2.24. The van der Waals surface area contributed by atoms with Crippen LogP contribution in [-0.2, 0) is 0 Å². The Morgan fingerprint density at radius 1 is 1.09 bits per heavy atom. The molecule has 2 aliphatic carbocycles. The molecule has 0 aliphatic heterocycles. The maximum atomic E-state index is 2.47. The van der Waals surface area contributed by atoms with Gasteiger partial charge in [-0.3, -0.25) is 0 Å². The minimum atomic E-state index is 0.667. The first-order valence-electron chi connectivity index (χ1n) is 5.11. The van der Waals surface area contributed by atoms with Gasteiger partial charge in [-0.2, -0.15) is 0 Å². The van der Waals surface area contributed by atoms with Gasteiger partial charge in [0, 0.05) is 0 Å². The summed E-state index contributed by atoms with van der Waals surface area (Å²) in [7, 11) is 0. The average Bonchev–Trinajstić information content (AvgIpc) is 2.64. The first kappa shape index (κ1) is 7.64. The molecule has 0 N–H and O–H groups in total. The van der Waals surface area contributed by atoms with Crippen molar-refractivity contribution in [1.82, 2.24) is 0 Å². The molecule has 2 fully saturated rings. The molecule has 0 radical (unpaired) electrons. The van der Waals surface area contributed by atoms with Gasteiger partial charge in [0.05, 0.1) is 0 Å². The van der Waals surface area contributed by atoms with Crippen LogP contribution in [0.2, 0.25) is 0 Å². The first-order valence-corrected chi connectivity index (χ1v) is 5.11. The van der Waals surface area contributed by atoms with Gasteiger partial charge in [-0.1, -0.05) is 20.8 Å². The standard InChI is InChI=1S/C11H20/c1-8-6-7-11(2,3)10(8)9-4-5-9/h8-10H,4-7H2,1-3H3. The third-order valence-electron chi connectivity index (χ3n) is 3.89. The van der Waals surface area contributed by atoms with Crippen LogP contribution in [-0.4, -0.2) is 0 Å². The number of rotatable bonds is 1. The summed E-state index contributed by atoms with van der Waals surface area (Å²) >= 11 is 0. The Kier molecular flexibility index (Phi) is 1.56. The summed E-state index contributed by atoms with van der Waals surface area (Å²) in [5.74, 6) is 3.18. The van der Waals surface area contributed by atoms with Gasteiger partial charge in [-0.05, 0) is 48.9 Å². The molecular formula is C11H20. The van der Waals surface area contributed by atoms with Crippen molar-refractivity contribution in [3.8, 4) is 0 Å². The summed E-state index contributed by atoms with van der Waals surface area (Å²) in [5, 5.41) is 0. The van der Waals surface area contributed by atoms with Crippen LogP contribution in [0.1, 0.15) is 46.5 Å². The highest BCUT2D eigenvalue weighted by Gasteiger charge is 2.47. The maximum Gasteiger partial charge on any atom is -0.0309 e. The molecule has 2 aliphatic rings. The van der Waals surface area contributed by atoms with Crippen molar-refractivity contribution < 1.29 is 0 Å². The van der Waals surface area contributed by atoms with Crippen LogP contribution >= 0.6 is 0 Å². The van der Waals surface area contributed by atoms with Gasteiger partial charge < -0.3 is 0 Å². The van der Waals surface area contributed by atoms with Gasteiger partial charge in [0.25, 0.3) is 0 Å². The molecule has 0 heterocycles. The van der Waals surface area contributed by atoms with E-state index >= 15 is 0 Å². The molecule has 2 rings (SSSR count). The maximum absolute atomic E-state index is 2.47. The van der Waals surface area contributed by atoms with E-state index in [0.717, 1.165) is 17.8 Å². The lowest BCUT2D eigenvalue weighted by atomic mass is 9.76. The molecule has 2 saturated carbocycles. The largest absolute Gasteiger partial charge is 0.0622 e. The van der Waals surface area contributed by atoms with E-state index in [1.165, 1.54) is 25.7 Å². The molecule has 64 valence electrons. The predicted molar refractivity (Wildman–Crippen MR) is 48.4 cm³/mol. The topological polar surface area (TPSA) is 0 Å². The van der Waals surface area contributed by atoms with Crippen molar-refractivity contribution in [3.05, 3.63) is 0 Å². The fourth-order valence-electron chi connectivity index (χ4n) is 3.27. The highest BCUT2D eigenvalue weighted by atomic mass is 14.5. The van der Waals surface area contributed by atoms with E-state index in [0.29, 0.717) is 5.41 Å². The van der Waals surface area contributed by atoms with Crippen molar-refractivity contribution in [1.29, 1.82) is 0 Å². The fraction of sp³-hybridized carbons (Fsp3) is 1.00. The third-order valence-corrected chi connectivity index (χ3v) is 3.89. The van der Waals surface area contributed by atoms with Crippen molar-refractivity contribution in [2.24, 2.45) is 23.2 Å². The minimum Gasteiger partial charge on any atom is -0.0622 e. The van der Waals surface area contributed by atoms with Crippen molar-refractivity contribution >= 4 is 0 Å². The van der Waals surface area contributed by atoms with Gasteiger partial charge in [0.15, 0.2) is 0 Å². The van der Waals surface area contributed by atoms with Gasteiger partial charge in [0.2, 0.25) is 0 Å². The summed E-state index contributed by atoms with van der Waals surface area (Å²) in [6.45, 7) is 7.40. The normalized spacial score (nSPS) is 42.8. The van der Waals surface area contributed by atoms with Gasteiger partial charge >= 0.3 is 0 Å². The Balaban J connectivity index is 2.12. The van der Waals surface area contributed by atoms with E-state index in [2.05, 4.69) is 20.8 Å². The van der Waals surface area contributed by atoms with Crippen LogP contribution in [0.3, 0.4) is 0 Å². The molecule has 0 saturated heterocycles. The molecule has 2 unspecified atom stereocenters.